The summed E-state index contributed by atoms with van der Waals surface area (Å²) >= 11 is 0. The number of nitrogens with zero attached hydrogens (tertiary/aromatic N) is 4. The summed E-state index contributed by atoms with van der Waals surface area (Å²) in [5.41, 5.74) is 6.59. The molecular weight excluding hydrogens is 362 g/mol. The van der Waals surface area contributed by atoms with E-state index in [0.717, 1.165) is 33.8 Å². The van der Waals surface area contributed by atoms with Crippen LogP contribution in [0.15, 0.2) is 48.5 Å². The van der Waals surface area contributed by atoms with Crippen LogP contribution in [0.1, 0.15) is 28.1 Å². The first-order chi connectivity index (χ1) is 13.9. The molecule has 0 aliphatic heterocycles. The minimum atomic E-state index is -0.0833. The van der Waals surface area contributed by atoms with Crippen molar-refractivity contribution in [2.45, 2.75) is 34.1 Å². The molecule has 2 aromatic carbocycles. The molecule has 2 aromatic heterocycles. The van der Waals surface area contributed by atoms with Crippen LogP contribution in [-0.2, 0) is 11.2 Å². The van der Waals surface area contributed by atoms with E-state index in [-0.39, 0.29) is 12.3 Å². The van der Waals surface area contributed by atoms with Gasteiger partial charge in [0.15, 0.2) is 5.82 Å². The molecule has 0 aliphatic carbocycles. The van der Waals surface area contributed by atoms with Crippen molar-refractivity contribution >= 4 is 17.4 Å². The molecule has 4 aromatic rings. The second-order valence-corrected chi connectivity index (χ2v) is 7.37. The molecule has 0 unspecified atom stereocenters. The lowest BCUT2D eigenvalue weighted by Gasteiger charge is -2.11. The van der Waals surface area contributed by atoms with Crippen LogP contribution in [0.5, 0.6) is 0 Å². The smallest absolute Gasteiger partial charge is 0.253 e. The van der Waals surface area contributed by atoms with Gasteiger partial charge in [0.25, 0.3) is 5.78 Å². The second-order valence-electron chi connectivity index (χ2n) is 7.37. The topological polar surface area (TPSA) is 72.2 Å². The highest BCUT2D eigenvalue weighted by molar-refractivity contribution is 5.92. The molecule has 146 valence electrons. The Bertz CT molecular complexity index is 1190. The molecule has 0 aliphatic rings. The van der Waals surface area contributed by atoms with E-state index in [1.165, 1.54) is 5.56 Å². The van der Waals surface area contributed by atoms with Gasteiger partial charge in [0, 0.05) is 28.2 Å². The van der Waals surface area contributed by atoms with Gasteiger partial charge in [0.2, 0.25) is 5.91 Å². The summed E-state index contributed by atoms with van der Waals surface area (Å²) in [6.45, 7) is 7.91. The first kappa shape index (κ1) is 18.8. The van der Waals surface area contributed by atoms with Gasteiger partial charge in [-0.15, -0.1) is 5.10 Å². The largest absolute Gasteiger partial charge is 0.326 e. The van der Waals surface area contributed by atoms with Crippen LogP contribution in [0.3, 0.4) is 0 Å². The van der Waals surface area contributed by atoms with Crippen molar-refractivity contribution in [3.8, 4) is 11.4 Å². The predicted octanol–water partition coefficient (Wildman–Crippen LogP) is 4.21. The molecule has 0 fully saturated rings. The van der Waals surface area contributed by atoms with Crippen molar-refractivity contribution in [3.05, 3.63) is 76.6 Å². The molecule has 0 atom stereocenters. The van der Waals surface area contributed by atoms with Gasteiger partial charge in [0.1, 0.15) is 0 Å². The maximum atomic E-state index is 12.6. The minimum absolute atomic E-state index is 0.0833. The maximum absolute atomic E-state index is 12.6. The van der Waals surface area contributed by atoms with E-state index in [1.54, 1.807) is 4.52 Å². The average Bonchev–Trinajstić information content (AvgIpc) is 3.11. The molecule has 0 saturated heterocycles. The number of aryl methyl sites for hydroxylation is 4. The molecule has 6 nitrogen and oxygen atoms in total. The van der Waals surface area contributed by atoms with Crippen molar-refractivity contribution < 1.29 is 4.79 Å². The summed E-state index contributed by atoms with van der Waals surface area (Å²) in [4.78, 5) is 21.7. The van der Waals surface area contributed by atoms with Gasteiger partial charge in [0.05, 0.1) is 6.42 Å². The van der Waals surface area contributed by atoms with E-state index in [4.69, 9.17) is 0 Å². The number of aromatic nitrogens is 4. The van der Waals surface area contributed by atoms with E-state index in [9.17, 15) is 4.79 Å². The first-order valence-electron chi connectivity index (χ1n) is 9.57. The van der Waals surface area contributed by atoms with Gasteiger partial charge in [-0.05, 0) is 39.8 Å². The number of carbonyl (C=O) groups is 1. The van der Waals surface area contributed by atoms with Crippen LogP contribution in [-0.4, -0.2) is 25.5 Å². The zero-order chi connectivity index (χ0) is 20.5. The summed E-state index contributed by atoms with van der Waals surface area (Å²) in [7, 11) is 0. The van der Waals surface area contributed by atoms with E-state index in [0.29, 0.717) is 11.6 Å². The molecule has 4 rings (SSSR count). The monoisotopic (exact) mass is 385 g/mol. The van der Waals surface area contributed by atoms with Gasteiger partial charge >= 0.3 is 0 Å². The summed E-state index contributed by atoms with van der Waals surface area (Å²) in [5, 5.41) is 7.57. The number of rotatable bonds is 4. The molecule has 6 heteroatoms. The Morgan fingerprint density at radius 2 is 1.52 bits per heavy atom. The third kappa shape index (κ3) is 3.87. The normalized spacial score (nSPS) is 11.0. The van der Waals surface area contributed by atoms with E-state index >= 15 is 0 Å². The van der Waals surface area contributed by atoms with Gasteiger partial charge in [-0.3, -0.25) is 4.79 Å². The zero-order valence-corrected chi connectivity index (χ0v) is 17.0. The fourth-order valence-electron chi connectivity index (χ4n) is 3.29. The lowest BCUT2D eigenvalue weighted by molar-refractivity contribution is -0.115. The highest BCUT2D eigenvalue weighted by atomic mass is 16.1. The Labute approximate surface area is 169 Å². The molecule has 0 radical (unpaired) electrons. The molecule has 29 heavy (non-hydrogen) atoms. The summed E-state index contributed by atoms with van der Waals surface area (Å²) in [5.74, 6) is 1.08. The summed E-state index contributed by atoms with van der Waals surface area (Å²) in [6.07, 6.45) is 0.230. The van der Waals surface area contributed by atoms with Crippen molar-refractivity contribution in [2.24, 2.45) is 0 Å². The average molecular weight is 385 g/mol. The van der Waals surface area contributed by atoms with Crippen LogP contribution in [0.25, 0.3) is 17.2 Å². The first-order valence-corrected chi connectivity index (χ1v) is 9.57. The number of fused-ring (bicyclic) bond motifs is 1. The van der Waals surface area contributed by atoms with Crippen LogP contribution >= 0.6 is 0 Å². The Kier molecular flexibility index (Phi) is 4.84. The number of hydrogen-bond donors (Lipinski definition) is 1. The van der Waals surface area contributed by atoms with Crippen molar-refractivity contribution in [1.82, 2.24) is 19.6 Å². The van der Waals surface area contributed by atoms with Crippen LogP contribution in [0.2, 0.25) is 0 Å². The van der Waals surface area contributed by atoms with Gasteiger partial charge in [-0.2, -0.15) is 4.98 Å². The number of hydrogen-bond acceptors (Lipinski definition) is 4. The molecule has 0 saturated carbocycles. The summed E-state index contributed by atoms with van der Waals surface area (Å²) < 4.78 is 1.72. The Hall–Kier alpha value is -3.54. The lowest BCUT2D eigenvalue weighted by atomic mass is 10.1. The predicted molar refractivity (Wildman–Crippen MR) is 114 cm³/mol. The third-order valence-corrected chi connectivity index (χ3v) is 5.03. The van der Waals surface area contributed by atoms with Gasteiger partial charge in [-0.1, -0.05) is 47.5 Å². The van der Waals surface area contributed by atoms with Crippen LogP contribution in [0.4, 0.5) is 5.69 Å². The number of carbonyl (C=O) groups excluding carboxylic acids is 1. The van der Waals surface area contributed by atoms with E-state index in [2.05, 4.69) is 20.4 Å². The van der Waals surface area contributed by atoms with Crippen LogP contribution < -0.4 is 5.32 Å². The molecular formula is C23H23N5O. The fourth-order valence-corrected chi connectivity index (χ4v) is 3.29. The number of amides is 1. The highest BCUT2D eigenvalue weighted by Gasteiger charge is 2.17. The Morgan fingerprint density at radius 3 is 2.17 bits per heavy atom. The quantitative estimate of drug-likeness (QED) is 0.571. The SMILES string of the molecule is Cc1ccc(NC(=O)Cc2c(C)nc3nc(-c4ccc(C)cc4)nn3c2C)cc1. The van der Waals surface area contributed by atoms with Crippen molar-refractivity contribution in [2.75, 3.05) is 5.32 Å². The molecule has 0 spiro atoms. The van der Waals surface area contributed by atoms with Crippen molar-refractivity contribution in [3.63, 3.8) is 0 Å². The minimum Gasteiger partial charge on any atom is -0.326 e. The molecule has 2 heterocycles. The van der Waals surface area contributed by atoms with Crippen molar-refractivity contribution in [1.29, 1.82) is 0 Å². The number of nitrogens with one attached hydrogen (secondary N) is 1. The van der Waals surface area contributed by atoms with Gasteiger partial charge < -0.3 is 5.32 Å². The van der Waals surface area contributed by atoms with E-state index in [1.807, 2.05) is 76.2 Å². The standard InChI is InChI=1S/C23H23N5O/c1-14-5-9-18(10-6-14)22-26-23-24-16(3)20(17(4)28(23)27-22)13-21(29)25-19-11-7-15(2)8-12-19/h5-12H,13H2,1-4H3,(H,25,29). The second kappa shape index (κ2) is 7.47. The van der Waals surface area contributed by atoms with Crippen LogP contribution in [0, 0.1) is 27.7 Å². The molecule has 1 N–H and O–H groups in total. The molecule has 1 amide bonds. The Morgan fingerprint density at radius 1 is 0.897 bits per heavy atom. The van der Waals surface area contributed by atoms with E-state index < -0.39 is 0 Å². The zero-order valence-electron chi connectivity index (χ0n) is 17.0. The third-order valence-electron chi connectivity index (χ3n) is 5.03. The summed E-state index contributed by atoms with van der Waals surface area (Å²) in [6, 6.07) is 15.8. The lowest BCUT2D eigenvalue weighted by Crippen LogP contribution is -2.17. The Balaban J connectivity index is 1.63. The number of benzene rings is 2. The fraction of sp³-hybridized carbons (Fsp3) is 0.217. The van der Waals surface area contributed by atoms with Gasteiger partial charge in [-0.25, -0.2) is 9.50 Å². The molecule has 0 bridgehead atoms. The number of anilines is 1. The maximum Gasteiger partial charge on any atom is 0.253 e. The highest BCUT2D eigenvalue weighted by Crippen LogP contribution is 2.20.